The molecule has 2 N–H and O–H groups in total. The molecule has 2 rings (SSSR count). The Morgan fingerprint density at radius 1 is 1.20 bits per heavy atom. The number of benzene rings is 1. The SMILES string of the molecule is CN(C)C(=O)CN=C(NCCSc1ccccc1)NCc1ncc(C(C)(C)C)o1.I. The summed E-state index contributed by atoms with van der Waals surface area (Å²) in [4.78, 5) is 23.3. The largest absolute Gasteiger partial charge is 0.443 e. The first-order chi connectivity index (χ1) is 13.8. The number of nitrogens with one attached hydrogen (secondary N) is 2. The number of thioether (sulfide) groups is 1. The molecule has 0 saturated carbocycles. The van der Waals surface area contributed by atoms with Crippen LogP contribution in [0.5, 0.6) is 0 Å². The van der Waals surface area contributed by atoms with Gasteiger partial charge in [-0.3, -0.25) is 4.79 Å². The molecular weight excluding hydrogens is 513 g/mol. The van der Waals surface area contributed by atoms with Crippen LogP contribution in [0.3, 0.4) is 0 Å². The number of halogens is 1. The number of oxazole rings is 1. The fraction of sp³-hybridized carbons (Fsp3) is 0.476. The minimum atomic E-state index is -0.0901. The summed E-state index contributed by atoms with van der Waals surface area (Å²) in [5.41, 5.74) is -0.0901. The number of aliphatic imine (C=N–C) groups is 1. The van der Waals surface area contributed by atoms with Crippen LogP contribution in [0.4, 0.5) is 0 Å². The number of likely N-dealkylation sites (N-methyl/N-ethyl adjacent to an activating group) is 1. The van der Waals surface area contributed by atoms with E-state index in [0.717, 1.165) is 11.5 Å². The first kappa shape index (κ1) is 26.3. The van der Waals surface area contributed by atoms with E-state index in [9.17, 15) is 4.79 Å². The smallest absolute Gasteiger partial charge is 0.243 e. The van der Waals surface area contributed by atoms with Crippen molar-refractivity contribution in [2.45, 2.75) is 37.6 Å². The van der Waals surface area contributed by atoms with Crippen molar-refractivity contribution in [3.8, 4) is 0 Å². The summed E-state index contributed by atoms with van der Waals surface area (Å²) in [7, 11) is 3.44. The van der Waals surface area contributed by atoms with Crippen molar-refractivity contribution in [3.05, 3.63) is 48.2 Å². The highest BCUT2D eigenvalue weighted by atomic mass is 127. The monoisotopic (exact) mass is 545 g/mol. The number of hydrogen-bond acceptors (Lipinski definition) is 5. The van der Waals surface area contributed by atoms with Gasteiger partial charge < -0.3 is 20.0 Å². The third-order valence-corrected chi connectivity index (χ3v) is 4.99. The van der Waals surface area contributed by atoms with Gasteiger partial charge in [0, 0.05) is 36.7 Å². The zero-order valence-corrected chi connectivity index (χ0v) is 21.4. The summed E-state index contributed by atoms with van der Waals surface area (Å²) in [5, 5.41) is 6.47. The lowest BCUT2D eigenvalue weighted by Crippen LogP contribution is -2.39. The van der Waals surface area contributed by atoms with Crippen LogP contribution in [0.15, 0.2) is 50.8 Å². The number of amides is 1. The van der Waals surface area contributed by atoms with Crippen LogP contribution in [0.2, 0.25) is 0 Å². The first-order valence-corrected chi connectivity index (χ1v) is 10.6. The molecule has 1 heterocycles. The molecule has 166 valence electrons. The van der Waals surface area contributed by atoms with Gasteiger partial charge in [0.2, 0.25) is 11.8 Å². The third-order valence-electron chi connectivity index (χ3n) is 3.98. The molecule has 1 aromatic heterocycles. The minimum Gasteiger partial charge on any atom is -0.443 e. The van der Waals surface area contributed by atoms with Gasteiger partial charge in [-0.15, -0.1) is 35.7 Å². The number of carbonyl (C=O) groups is 1. The average Bonchev–Trinajstić information content (AvgIpc) is 3.16. The minimum absolute atomic E-state index is 0. The van der Waals surface area contributed by atoms with Crippen LogP contribution in [0.25, 0.3) is 0 Å². The molecule has 2 aromatic rings. The van der Waals surface area contributed by atoms with Crippen LogP contribution < -0.4 is 10.6 Å². The molecule has 9 heteroatoms. The van der Waals surface area contributed by atoms with Gasteiger partial charge in [0.05, 0.1) is 12.7 Å². The van der Waals surface area contributed by atoms with Crippen molar-refractivity contribution in [3.63, 3.8) is 0 Å². The maximum Gasteiger partial charge on any atom is 0.243 e. The number of guanidine groups is 1. The maximum absolute atomic E-state index is 11.9. The second kappa shape index (κ2) is 12.8. The van der Waals surface area contributed by atoms with Crippen molar-refractivity contribution in [2.75, 3.05) is 32.9 Å². The molecule has 0 radical (unpaired) electrons. The lowest BCUT2D eigenvalue weighted by Gasteiger charge is -2.14. The van der Waals surface area contributed by atoms with Crippen molar-refractivity contribution in [1.82, 2.24) is 20.5 Å². The second-order valence-corrected chi connectivity index (χ2v) is 8.93. The molecule has 0 bridgehead atoms. The zero-order chi connectivity index (χ0) is 21.3. The standard InChI is InChI=1S/C21H31N5O2S.HI/c1-21(2,3)17-13-23-18(28-17)14-24-20(25-15-19(27)26(4)5)22-11-12-29-16-9-7-6-8-10-16;/h6-10,13H,11-12,14-15H2,1-5H3,(H2,22,24,25);1H. The molecule has 0 saturated heterocycles. The molecule has 0 atom stereocenters. The Kier molecular flexibility index (Phi) is 11.2. The number of aromatic nitrogens is 1. The van der Waals surface area contributed by atoms with Crippen LogP contribution in [0.1, 0.15) is 32.4 Å². The number of hydrogen-bond donors (Lipinski definition) is 2. The van der Waals surface area contributed by atoms with Gasteiger partial charge in [-0.2, -0.15) is 0 Å². The summed E-state index contributed by atoms with van der Waals surface area (Å²) in [6.45, 7) is 7.42. The normalized spacial score (nSPS) is 11.6. The Labute approximate surface area is 200 Å². The van der Waals surface area contributed by atoms with E-state index in [2.05, 4.69) is 53.5 Å². The fourth-order valence-electron chi connectivity index (χ4n) is 2.22. The van der Waals surface area contributed by atoms with Crippen molar-refractivity contribution in [1.29, 1.82) is 0 Å². The quantitative estimate of drug-likeness (QED) is 0.174. The Balaban J connectivity index is 0.00000450. The van der Waals surface area contributed by atoms with Crippen LogP contribution in [-0.2, 0) is 16.8 Å². The molecule has 0 aliphatic rings. The maximum atomic E-state index is 11.9. The molecular formula is C21H32IN5O2S. The summed E-state index contributed by atoms with van der Waals surface area (Å²) in [5.74, 6) is 2.80. The highest BCUT2D eigenvalue weighted by Crippen LogP contribution is 2.22. The van der Waals surface area contributed by atoms with E-state index in [1.165, 1.54) is 9.80 Å². The molecule has 0 unspecified atom stereocenters. The van der Waals surface area contributed by atoms with Gasteiger partial charge in [0.25, 0.3) is 0 Å². The van der Waals surface area contributed by atoms with E-state index in [0.29, 0.717) is 24.9 Å². The van der Waals surface area contributed by atoms with Gasteiger partial charge in [0.15, 0.2) is 5.96 Å². The highest BCUT2D eigenvalue weighted by Gasteiger charge is 2.19. The molecule has 0 fully saturated rings. The predicted molar refractivity (Wildman–Crippen MR) is 134 cm³/mol. The molecule has 1 amide bonds. The molecule has 0 aliphatic carbocycles. The van der Waals surface area contributed by atoms with E-state index in [-0.39, 0.29) is 41.8 Å². The van der Waals surface area contributed by atoms with Crippen molar-refractivity contribution < 1.29 is 9.21 Å². The summed E-state index contributed by atoms with van der Waals surface area (Å²) >= 11 is 1.76. The summed E-state index contributed by atoms with van der Waals surface area (Å²) < 4.78 is 5.81. The third kappa shape index (κ3) is 9.38. The Morgan fingerprint density at radius 3 is 2.50 bits per heavy atom. The van der Waals surface area contributed by atoms with E-state index in [1.807, 2.05) is 18.2 Å². The van der Waals surface area contributed by atoms with E-state index < -0.39 is 0 Å². The van der Waals surface area contributed by atoms with E-state index in [4.69, 9.17) is 4.42 Å². The number of carbonyl (C=O) groups excluding carboxylic acids is 1. The predicted octanol–water partition coefficient (Wildman–Crippen LogP) is 3.51. The second-order valence-electron chi connectivity index (χ2n) is 7.76. The highest BCUT2D eigenvalue weighted by molar-refractivity contribution is 14.0. The Bertz CT molecular complexity index is 803. The van der Waals surface area contributed by atoms with Gasteiger partial charge in [-0.1, -0.05) is 39.0 Å². The van der Waals surface area contributed by atoms with E-state index >= 15 is 0 Å². The van der Waals surface area contributed by atoms with Crippen molar-refractivity contribution in [2.24, 2.45) is 4.99 Å². The lowest BCUT2D eigenvalue weighted by molar-refractivity contribution is -0.127. The zero-order valence-electron chi connectivity index (χ0n) is 18.3. The molecule has 30 heavy (non-hydrogen) atoms. The summed E-state index contributed by atoms with van der Waals surface area (Å²) in [6, 6.07) is 10.2. The van der Waals surface area contributed by atoms with Gasteiger partial charge in [-0.05, 0) is 12.1 Å². The van der Waals surface area contributed by atoms with Gasteiger partial charge in [0.1, 0.15) is 12.3 Å². The average molecular weight is 545 g/mol. The van der Waals surface area contributed by atoms with Gasteiger partial charge >= 0.3 is 0 Å². The molecule has 7 nitrogen and oxygen atoms in total. The Hall–Kier alpha value is -1.75. The fourth-order valence-corrected chi connectivity index (χ4v) is 3.00. The van der Waals surface area contributed by atoms with Crippen molar-refractivity contribution >= 4 is 47.6 Å². The van der Waals surface area contributed by atoms with Gasteiger partial charge in [-0.25, -0.2) is 9.98 Å². The van der Waals surface area contributed by atoms with Crippen LogP contribution in [-0.4, -0.2) is 54.7 Å². The molecule has 0 aliphatic heterocycles. The number of nitrogens with zero attached hydrogens (tertiary/aromatic N) is 3. The van der Waals surface area contributed by atoms with Crippen LogP contribution in [0, 0.1) is 0 Å². The van der Waals surface area contributed by atoms with E-state index in [1.54, 1.807) is 32.1 Å². The number of rotatable bonds is 8. The Morgan fingerprint density at radius 2 is 1.90 bits per heavy atom. The summed E-state index contributed by atoms with van der Waals surface area (Å²) in [6.07, 6.45) is 1.76. The first-order valence-electron chi connectivity index (χ1n) is 9.61. The topological polar surface area (TPSA) is 82.8 Å². The lowest BCUT2D eigenvalue weighted by atomic mass is 9.94. The molecule has 0 spiro atoms. The molecule has 1 aromatic carbocycles. The van der Waals surface area contributed by atoms with Crippen LogP contribution >= 0.6 is 35.7 Å².